The van der Waals surface area contributed by atoms with Gasteiger partial charge in [0.25, 0.3) is 0 Å². The highest BCUT2D eigenvalue weighted by Gasteiger charge is 2.65. The van der Waals surface area contributed by atoms with E-state index in [0.29, 0.717) is 0 Å². The molecule has 2 nitrogen and oxygen atoms in total. The first kappa shape index (κ1) is 12.9. The first-order valence-corrected chi connectivity index (χ1v) is 8.42. The molecular weight excluding hydrogens is 248 g/mol. The molecule has 0 spiro atoms. The van der Waals surface area contributed by atoms with Gasteiger partial charge in [0.05, 0.1) is 7.11 Å². The fraction of sp³-hybridized carbons (Fsp3) is 0.833. The van der Waals surface area contributed by atoms with E-state index < -0.39 is 0 Å². The van der Waals surface area contributed by atoms with Gasteiger partial charge in [0.15, 0.2) is 0 Å². The number of allylic oxidation sites excluding steroid dienone is 2. The molecule has 0 aliphatic heterocycles. The molecule has 0 N–H and O–H groups in total. The first-order valence-electron chi connectivity index (χ1n) is 8.42. The Labute approximate surface area is 122 Å². The van der Waals surface area contributed by atoms with Crippen LogP contribution in [0.25, 0.3) is 0 Å². The van der Waals surface area contributed by atoms with Crippen LogP contribution in [0, 0.1) is 47.3 Å². The predicted octanol–water partition coefficient (Wildman–Crippen LogP) is 3.67. The van der Waals surface area contributed by atoms with Gasteiger partial charge in [-0.2, -0.15) is 0 Å². The molecule has 0 saturated heterocycles. The van der Waals surface area contributed by atoms with Crippen LogP contribution < -0.4 is 0 Å². The zero-order chi connectivity index (χ0) is 13.9. The van der Waals surface area contributed by atoms with Gasteiger partial charge >= 0.3 is 5.97 Å². The Bertz CT molecular complexity index is 441. The summed E-state index contributed by atoms with van der Waals surface area (Å²) in [6.07, 6.45) is 13.0. The Hall–Kier alpha value is -0.790. The van der Waals surface area contributed by atoms with Crippen LogP contribution in [0.5, 0.6) is 0 Å². The second kappa shape index (κ2) is 4.61. The van der Waals surface area contributed by atoms with Gasteiger partial charge < -0.3 is 4.74 Å². The lowest BCUT2D eigenvalue weighted by Gasteiger charge is -2.40. The summed E-state index contributed by atoms with van der Waals surface area (Å²) >= 11 is 0. The number of methoxy groups -OCH3 is 1. The largest absolute Gasteiger partial charge is 0.469 e. The van der Waals surface area contributed by atoms with E-state index in [2.05, 4.69) is 16.9 Å². The number of hydrogen-bond donors (Lipinski definition) is 0. The molecule has 0 aromatic heterocycles. The van der Waals surface area contributed by atoms with Crippen molar-refractivity contribution in [1.82, 2.24) is 0 Å². The van der Waals surface area contributed by atoms with Gasteiger partial charge in [0, 0.05) is 6.92 Å². The molecule has 0 heterocycles. The first-order chi connectivity index (χ1) is 9.70. The van der Waals surface area contributed by atoms with Gasteiger partial charge in [-0.15, -0.1) is 0 Å². The Morgan fingerprint density at radius 1 is 1.05 bits per heavy atom. The molecule has 0 aromatic rings. The monoisotopic (exact) mass is 274 g/mol. The van der Waals surface area contributed by atoms with Crippen molar-refractivity contribution in [2.24, 2.45) is 47.3 Å². The molecule has 5 rings (SSSR count). The number of carbonyl (C=O) groups excluding carboxylic acids is 1. The smallest absolute Gasteiger partial charge is 0.302 e. The Morgan fingerprint density at radius 2 is 1.70 bits per heavy atom. The quantitative estimate of drug-likeness (QED) is 0.383. The van der Waals surface area contributed by atoms with E-state index in [9.17, 15) is 4.79 Å². The van der Waals surface area contributed by atoms with Gasteiger partial charge in [-0.05, 0) is 79.4 Å². The van der Waals surface area contributed by atoms with E-state index in [0.717, 1.165) is 23.7 Å². The minimum absolute atomic E-state index is 0.245. The molecule has 8 atom stereocenters. The van der Waals surface area contributed by atoms with Crippen molar-refractivity contribution in [2.45, 2.75) is 39.0 Å². The molecule has 4 saturated carbocycles. The minimum atomic E-state index is -0.245. The second-order valence-electron chi connectivity index (χ2n) is 7.65. The number of esters is 1. The van der Waals surface area contributed by atoms with Crippen LogP contribution in [0.15, 0.2) is 12.2 Å². The normalized spacial score (nSPS) is 52.5. The summed E-state index contributed by atoms with van der Waals surface area (Å²) in [6.45, 7) is 1.36. The van der Waals surface area contributed by atoms with Crippen molar-refractivity contribution in [3.05, 3.63) is 12.2 Å². The van der Waals surface area contributed by atoms with Gasteiger partial charge in [0.2, 0.25) is 0 Å². The molecule has 5 aliphatic carbocycles. The van der Waals surface area contributed by atoms with Crippen molar-refractivity contribution < 1.29 is 9.53 Å². The predicted molar refractivity (Wildman–Crippen MR) is 77.8 cm³/mol. The maximum atomic E-state index is 9.59. The third-order valence-electron chi connectivity index (χ3n) is 7.17. The third-order valence-corrected chi connectivity index (χ3v) is 7.17. The molecule has 0 radical (unpaired) electrons. The van der Waals surface area contributed by atoms with Crippen LogP contribution in [-0.2, 0) is 9.53 Å². The van der Waals surface area contributed by atoms with Crippen LogP contribution in [0.3, 0.4) is 0 Å². The molecule has 5 aliphatic rings. The summed E-state index contributed by atoms with van der Waals surface area (Å²) in [5.74, 6) is 8.94. The van der Waals surface area contributed by atoms with Gasteiger partial charge in [-0.1, -0.05) is 12.2 Å². The minimum Gasteiger partial charge on any atom is -0.469 e. The van der Waals surface area contributed by atoms with E-state index in [1.165, 1.54) is 44.1 Å². The van der Waals surface area contributed by atoms with Crippen LogP contribution in [-0.4, -0.2) is 13.1 Å². The van der Waals surface area contributed by atoms with Crippen molar-refractivity contribution in [3.63, 3.8) is 0 Å². The van der Waals surface area contributed by atoms with Crippen molar-refractivity contribution in [2.75, 3.05) is 7.11 Å². The van der Waals surface area contributed by atoms with Gasteiger partial charge in [0.1, 0.15) is 0 Å². The number of ether oxygens (including phenoxy) is 1. The lowest BCUT2D eigenvalue weighted by atomic mass is 9.64. The molecule has 0 amide bonds. The molecule has 20 heavy (non-hydrogen) atoms. The molecule has 110 valence electrons. The zero-order valence-corrected chi connectivity index (χ0v) is 12.6. The lowest BCUT2D eigenvalue weighted by molar-refractivity contribution is -0.137. The Balaban J connectivity index is 0.000000187. The van der Waals surface area contributed by atoms with Crippen molar-refractivity contribution in [3.8, 4) is 0 Å². The summed E-state index contributed by atoms with van der Waals surface area (Å²) in [7, 11) is 1.35. The third kappa shape index (κ3) is 1.66. The fourth-order valence-electron chi connectivity index (χ4n) is 6.77. The maximum absolute atomic E-state index is 9.59. The SMILES string of the molecule is C1=CC2C(C1)C1CC2C2C3CCC(C3)C12.COC(C)=O. The van der Waals surface area contributed by atoms with E-state index in [-0.39, 0.29) is 5.97 Å². The second-order valence-corrected chi connectivity index (χ2v) is 7.65. The number of rotatable bonds is 0. The highest BCUT2D eigenvalue weighted by atomic mass is 16.5. The molecule has 8 unspecified atom stereocenters. The van der Waals surface area contributed by atoms with Gasteiger partial charge in [-0.3, -0.25) is 4.79 Å². The molecular formula is C18H26O2. The van der Waals surface area contributed by atoms with Gasteiger partial charge in [-0.25, -0.2) is 0 Å². The number of fused-ring (bicyclic) bond motifs is 12. The zero-order valence-electron chi connectivity index (χ0n) is 12.6. The topological polar surface area (TPSA) is 26.3 Å². The number of carbonyl (C=O) groups is 1. The van der Waals surface area contributed by atoms with E-state index in [1.807, 2.05) is 0 Å². The average molecular weight is 274 g/mol. The van der Waals surface area contributed by atoms with Crippen LogP contribution in [0.1, 0.15) is 39.0 Å². The van der Waals surface area contributed by atoms with Crippen LogP contribution in [0.4, 0.5) is 0 Å². The summed E-state index contributed by atoms with van der Waals surface area (Å²) in [6, 6.07) is 0. The Kier molecular flexibility index (Phi) is 2.98. The van der Waals surface area contributed by atoms with E-state index >= 15 is 0 Å². The van der Waals surface area contributed by atoms with Crippen LogP contribution in [0.2, 0.25) is 0 Å². The molecule has 4 bridgehead atoms. The molecule has 4 fully saturated rings. The standard InChI is InChI=1S/C15H20.C3H6O2/c1-2-10-11(3-1)13-7-12(10)14-8-4-5-9(6-8)15(13)14;1-3(4)5-2/h1-2,8-15H,3-7H2;1-2H3. The van der Waals surface area contributed by atoms with E-state index in [4.69, 9.17) is 0 Å². The summed E-state index contributed by atoms with van der Waals surface area (Å²) in [5, 5.41) is 0. The van der Waals surface area contributed by atoms with E-state index in [1.54, 1.807) is 25.7 Å². The highest BCUT2D eigenvalue weighted by Crippen LogP contribution is 2.71. The lowest BCUT2D eigenvalue weighted by Crippen LogP contribution is -2.36. The highest BCUT2D eigenvalue weighted by molar-refractivity contribution is 5.65. The molecule has 2 heteroatoms. The fourth-order valence-corrected chi connectivity index (χ4v) is 6.77. The summed E-state index contributed by atoms with van der Waals surface area (Å²) < 4.78 is 4.11. The van der Waals surface area contributed by atoms with Crippen molar-refractivity contribution in [1.29, 1.82) is 0 Å². The van der Waals surface area contributed by atoms with Crippen molar-refractivity contribution >= 4 is 5.97 Å². The summed E-state index contributed by atoms with van der Waals surface area (Å²) in [4.78, 5) is 9.59. The van der Waals surface area contributed by atoms with Crippen LogP contribution >= 0.6 is 0 Å². The summed E-state index contributed by atoms with van der Waals surface area (Å²) in [5.41, 5.74) is 0. The molecule has 0 aromatic carbocycles. The average Bonchev–Trinajstić information content (AvgIpc) is 3.19. The maximum Gasteiger partial charge on any atom is 0.302 e. The number of hydrogen-bond acceptors (Lipinski definition) is 2. The Morgan fingerprint density at radius 3 is 2.35 bits per heavy atom.